The van der Waals surface area contributed by atoms with Gasteiger partial charge in [0, 0.05) is 11.8 Å². The zero-order valence-electron chi connectivity index (χ0n) is 8.86. The molecule has 1 spiro atoms. The van der Waals surface area contributed by atoms with Crippen molar-refractivity contribution in [3.8, 4) is 0 Å². The molecule has 0 unspecified atom stereocenters. The Morgan fingerprint density at radius 2 is 1.65 bits per heavy atom. The first-order valence-corrected chi connectivity index (χ1v) is 7.89. The van der Waals surface area contributed by atoms with Crippen molar-refractivity contribution in [1.29, 1.82) is 0 Å². The molecule has 4 bridgehead atoms. The molecule has 0 aromatic heterocycles. The molecule has 5 heteroatoms. The maximum Gasteiger partial charge on any atom is 0.188 e. The summed E-state index contributed by atoms with van der Waals surface area (Å²) in [7, 11) is 0. The first-order chi connectivity index (χ1) is 8.10. The minimum atomic E-state index is -0.476. The van der Waals surface area contributed by atoms with Crippen LogP contribution in [-0.2, 0) is 14.3 Å². The third-order valence-electron chi connectivity index (χ3n) is 6.63. The van der Waals surface area contributed by atoms with Crippen molar-refractivity contribution in [3.05, 3.63) is 0 Å². The van der Waals surface area contributed by atoms with Crippen molar-refractivity contribution in [2.75, 3.05) is 13.2 Å². The molecule has 0 aromatic rings. The predicted octanol–water partition coefficient (Wildman–Crippen LogP) is 1.33. The summed E-state index contributed by atoms with van der Waals surface area (Å²) in [5.41, 5.74) is 0. The second-order valence-corrected chi connectivity index (χ2v) is 9.04. The molecule has 17 heavy (non-hydrogen) atoms. The maximum absolute atomic E-state index is 12.5. The van der Waals surface area contributed by atoms with E-state index in [0.29, 0.717) is 48.6 Å². The van der Waals surface area contributed by atoms with E-state index >= 15 is 0 Å². The van der Waals surface area contributed by atoms with Crippen LogP contribution in [0.25, 0.3) is 0 Å². The monoisotopic (exact) mass is 360 g/mol. The van der Waals surface area contributed by atoms with Crippen molar-refractivity contribution in [2.24, 2.45) is 35.5 Å². The molecule has 8 atom stereocenters. The second kappa shape index (κ2) is 2.11. The Bertz CT molecular complexity index is 516. The lowest BCUT2D eigenvalue weighted by molar-refractivity contribution is -0.199. The van der Waals surface area contributed by atoms with E-state index in [1.165, 1.54) is 0 Å². The summed E-state index contributed by atoms with van der Waals surface area (Å²) in [6, 6.07) is 0. The molecule has 6 aliphatic carbocycles. The van der Waals surface area contributed by atoms with Gasteiger partial charge in [0.1, 0.15) is 0 Å². The van der Waals surface area contributed by atoms with Gasteiger partial charge in [0.05, 0.1) is 21.9 Å². The standard InChI is InChI=1S/C12H10Br2O3/c13-10-6-4-3(9(10)15)5-7(10)8(6)11(4,14)12(5)16-1-2-17-12/h3-8H,1-2H2/t3-,4-,5-,6+,7+,8-,10+,11+/m0/s1. The molecule has 90 valence electrons. The van der Waals surface area contributed by atoms with Gasteiger partial charge in [0.15, 0.2) is 11.6 Å². The van der Waals surface area contributed by atoms with Crippen LogP contribution in [0.2, 0.25) is 0 Å². The van der Waals surface area contributed by atoms with E-state index in [9.17, 15) is 4.79 Å². The molecule has 1 heterocycles. The zero-order valence-corrected chi connectivity index (χ0v) is 12.0. The molecular weight excluding hydrogens is 352 g/mol. The van der Waals surface area contributed by atoms with Crippen LogP contribution in [0.1, 0.15) is 0 Å². The second-order valence-electron chi connectivity index (χ2n) is 6.42. The van der Waals surface area contributed by atoms with Crippen molar-refractivity contribution in [1.82, 2.24) is 0 Å². The molecular formula is C12H10Br2O3. The molecule has 1 aliphatic heterocycles. The van der Waals surface area contributed by atoms with Gasteiger partial charge in [-0.05, 0) is 23.7 Å². The highest BCUT2D eigenvalue weighted by Gasteiger charge is 3.04. The molecule has 6 saturated carbocycles. The van der Waals surface area contributed by atoms with Crippen LogP contribution in [0.4, 0.5) is 0 Å². The Morgan fingerprint density at radius 1 is 1.00 bits per heavy atom. The van der Waals surface area contributed by atoms with Gasteiger partial charge in [0.25, 0.3) is 0 Å². The number of halogens is 2. The zero-order chi connectivity index (χ0) is 11.4. The van der Waals surface area contributed by atoms with E-state index in [1.54, 1.807) is 0 Å². The van der Waals surface area contributed by atoms with Crippen LogP contribution >= 0.6 is 31.9 Å². The van der Waals surface area contributed by atoms with E-state index in [2.05, 4.69) is 31.9 Å². The van der Waals surface area contributed by atoms with E-state index in [4.69, 9.17) is 9.47 Å². The van der Waals surface area contributed by atoms with Crippen LogP contribution in [0.15, 0.2) is 0 Å². The van der Waals surface area contributed by atoms with Gasteiger partial charge in [-0.1, -0.05) is 31.9 Å². The van der Waals surface area contributed by atoms with E-state index in [1.807, 2.05) is 0 Å². The predicted molar refractivity (Wildman–Crippen MR) is 63.9 cm³/mol. The fraction of sp³-hybridized carbons (Fsp3) is 0.917. The number of ketones is 1. The Kier molecular flexibility index (Phi) is 1.17. The molecule has 3 nitrogen and oxygen atoms in total. The summed E-state index contributed by atoms with van der Waals surface area (Å²) in [4.78, 5) is 12.5. The minimum absolute atomic E-state index is 0.0510. The van der Waals surface area contributed by atoms with Crippen LogP contribution in [0.5, 0.6) is 0 Å². The van der Waals surface area contributed by atoms with Gasteiger partial charge < -0.3 is 9.47 Å². The Balaban J connectivity index is 1.69. The minimum Gasteiger partial charge on any atom is -0.346 e. The van der Waals surface area contributed by atoms with Crippen LogP contribution < -0.4 is 0 Å². The van der Waals surface area contributed by atoms with Crippen LogP contribution in [0.3, 0.4) is 0 Å². The lowest BCUT2D eigenvalue weighted by Crippen LogP contribution is -2.75. The number of ether oxygens (including phenoxy) is 2. The maximum atomic E-state index is 12.5. The van der Waals surface area contributed by atoms with E-state index < -0.39 is 5.79 Å². The highest BCUT2D eigenvalue weighted by molar-refractivity contribution is 9.10. The molecule has 7 fully saturated rings. The third kappa shape index (κ3) is 0.514. The van der Waals surface area contributed by atoms with Crippen LogP contribution in [-0.4, -0.2) is 33.4 Å². The molecule has 7 aliphatic rings. The molecule has 7 rings (SSSR count). The van der Waals surface area contributed by atoms with Crippen molar-refractivity contribution < 1.29 is 14.3 Å². The number of alkyl halides is 2. The average Bonchev–Trinajstić information content (AvgIpc) is 2.96. The third-order valence-corrected chi connectivity index (χ3v) is 9.69. The molecule has 0 N–H and O–H groups in total. The summed E-state index contributed by atoms with van der Waals surface area (Å²) < 4.78 is 11.8. The van der Waals surface area contributed by atoms with Gasteiger partial charge in [-0.15, -0.1) is 0 Å². The summed E-state index contributed by atoms with van der Waals surface area (Å²) in [6.07, 6.45) is 0. The van der Waals surface area contributed by atoms with E-state index in [-0.39, 0.29) is 14.6 Å². The summed E-state index contributed by atoms with van der Waals surface area (Å²) in [5.74, 6) is 2.50. The summed E-state index contributed by atoms with van der Waals surface area (Å²) in [5, 5.41) is 0. The quantitative estimate of drug-likeness (QED) is 0.611. The summed E-state index contributed by atoms with van der Waals surface area (Å²) >= 11 is 7.73. The fourth-order valence-corrected chi connectivity index (χ4v) is 9.62. The molecule has 1 saturated heterocycles. The number of carbonyl (C=O) groups excluding carboxylic acids is 1. The van der Waals surface area contributed by atoms with Crippen LogP contribution in [0, 0.1) is 35.5 Å². The first-order valence-electron chi connectivity index (χ1n) is 6.30. The van der Waals surface area contributed by atoms with Gasteiger partial charge in [-0.3, -0.25) is 4.79 Å². The topological polar surface area (TPSA) is 35.5 Å². The summed E-state index contributed by atoms with van der Waals surface area (Å²) in [6.45, 7) is 1.35. The van der Waals surface area contributed by atoms with E-state index in [0.717, 1.165) is 0 Å². The number of Topliss-reactive ketones (excluding diaryl/α,β-unsaturated/α-hetero) is 1. The van der Waals surface area contributed by atoms with Crippen molar-refractivity contribution in [2.45, 2.75) is 14.4 Å². The first kappa shape index (κ1) is 9.45. The average molecular weight is 362 g/mol. The Morgan fingerprint density at radius 3 is 2.24 bits per heavy atom. The van der Waals surface area contributed by atoms with Gasteiger partial charge in [-0.25, -0.2) is 0 Å². The van der Waals surface area contributed by atoms with Gasteiger partial charge in [0.2, 0.25) is 0 Å². The molecule has 0 radical (unpaired) electrons. The number of rotatable bonds is 0. The normalized spacial score (nSPS) is 74.6. The SMILES string of the molecule is O=C1[C@@H]2[C@H]3[C@@H]4[C@@H]5[C@@H]([C@H]2[C@]5(Br)C32OCCO2)[C@]14Br. The molecule has 0 amide bonds. The lowest BCUT2D eigenvalue weighted by atomic mass is 9.40. The lowest BCUT2D eigenvalue weighted by Gasteiger charge is -2.69. The number of hydrogen-bond donors (Lipinski definition) is 0. The Hall–Kier alpha value is 0.550. The highest BCUT2D eigenvalue weighted by atomic mass is 79.9. The van der Waals surface area contributed by atoms with Gasteiger partial charge >= 0.3 is 0 Å². The smallest absolute Gasteiger partial charge is 0.188 e. The number of carbonyl (C=O) groups is 1. The van der Waals surface area contributed by atoms with Gasteiger partial charge in [-0.2, -0.15) is 0 Å². The van der Waals surface area contributed by atoms with Crippen molar-refractivity contribution >= 4 is 37.6 Å². The number of hydrogen-bond acceptors (Lipinski definition) is 3. The Labute approximate surface area is 115 Å². The van der Waals surface area contributed by atoms with Crippen molar-refractivity contribution in [3.63, 3.8) is 0 Å². The largest absolute Gasteiger partial charge is 0.346 e. The highest BCUT2D eigenvalue weighted by Crippen LogP contribution is 2.96. The molecule has 0 aromatic carbocycles. The fourth-order valence-electron chi connectivity index (χ4n) is 6.58.